The Kier molecular flexibility index (Phi) is 10.8. The van der Waals surface area contributed by atoms with E-state index in [4.69, 9.17) is 14.2 Å². The van der Waals surface area contributed by atoms with E-state index in [2.05, 4.69) is 10.3 Å². The normalized spacial score (nSPS) is 20.7. The summed E-state index contributed by atoms with van der Waals surface area (Å²) >= 11 is 0.624. The lowest BCUT2D eigenvalue weighted by Gasteiger charge is -2.44. The summed E-state index contributed by atoms with van der Waals surface area (Å²) in [5.74, 6) is -7.42. The van der Waals surface area contributed by atoms with Gasteiger partial charge < -0.3 is 24.1 Å². The average Bonchev–Trinajstić information content (AvgIpc) is 3.54. The fourth-order valence-corrected chi connectivity index (χ4v) is 10.1. The fourth-order valence-electron chi connectivity index (χ4n) is 6.00. The molecule has 0 amide bonds. The van der Waals surface area contributed by atoms with Crippen LogP contribution in [0.4, 0.5) is 18.9 Å². The van der Waals surface area contributed by atoms with Crippen LogP contribution in [0.3, 0.4) is 0 Å². The second-order valence-corrected chi connectivity index (χ2v) is 15.9. The van der Waals surface area contributed by atoms with Gasteiger partial charge in [-0.1, -0.05) is 17.3 Å². The van der Waals surface area contributed by atoms with Gasteiger partial charge in [0.15, 0.2) is 44.3 Å². The van der Waals surface area contributed by atoms with Gasteiger partial charge in [-0.3, -0.25) is 19.2 Å². The zero-order valence-electron chi connectivity index (χ0n) is 28.1. The Hall–Kier alpha value is -4.85. The van der Waals surface area contributed by atoms with Crippen molar-refractivity contribution < 1.29 is 55.0 Å². The molecule has 52 heavy (non-hydrogen) atoms. The first-order chi connectivity index (χ1) is 24.3. The molecule has 1 aromatic heterocycles. The Morgan fingerprint density at radius 3 is 2.17 bits per heavy atom. The number of sulfone groups is 1. The first-order valence-electron chi connectivity index (χ1n) is 15.4. The van der Waals surface area contributed by atoms with Crippen LogP contribution in [-0.4, -0.2) is 90.3 Å². The van der Waals surface area contributed by atoms with Gasteiger partial charge in [0.2, 0.25) is 0 Å². The highest BCUT2D eigenvalue weighted by Crippen LogP contribution is 2.47. The number of carbonyl (C=O) groups is 4. The third kappa shape index (κ3) is 7.52. The molecular formula is C33H31F3N4O10S2. The number of benzene rings is 3. The Bertz CT molecular complexity index is 2170. The number of nitrogens with zero attached hydrogens (tertiary/aromatic N) is 4. The van der Waals surface area contributed by atoms with Crippen molar-refractivity contribution in [2.45, 2.75) is 53.7 Å². The molecule has 4 aromatic rings. The molecule has 5 rings (SSSR count). The summed E-state index contributed by atoms with van der Waals surface area (Å²) in [6.07, 6.45) is -1.82. The quantitative estimate of drug-likeness (QED) is 0.0558. The lowest BCUT2D eigenvalue weighted by Crippen LogP contribution is -2.56. The number of ether oxygens (including phenoxy) is 3. The first-order valence-corrected chi connectivity index (χ1v) is 17.8. The minimum Gasteiger partial charge on any atom is -0.628 e. The number of rotatable bonds is 10. The molecule has 0 spiro atoms. The summed E-state index contributed by atoms with van der Waals surface area (Å²) in [5, 5.41) is 20.0. The van der Waals surface area contributed by atoms with E-state index in [-0.39, 0.29) is 27.9 Å². The maximum Gasteiger partial charge on any atom is 0.303 e. The topological polar surface area (TPSA) is 184 Å². The molecule has 1 aliphatic heterocycles. The molecule has 0 aliphatic carbocycles. The Labute approximate surface area is 298 Å². The number of hydroxylamine groups is 2. The fraction of sp³-hybridized carbons (Fsp3) is 0.333. The van der Waals surface area contributed by atoms with Crippen LogP contribution >= 0.6 is 11.8 Å². The SMILES string of the molecule is CC(=O)OC[C@H]1SC(S(=O)(=O)c2ccc3c([N+](C)(C)[O-])cccc3c2C=O)[C@H](OC(C)=O)[C@@H](n2cc(-c3cc(F)c(F)c(F)c3)nn2)[C@H]1OC(C)=O. The highest BCUT2D eigenvalue weighted by Gasteiger charge is 2.56. The van der Waals surface area contributed by atoms with Crippen molar-refractivity contribution in [2.24, 2.45) is 0 Å². The predicted molar refractivity (Wildman–Crippen MR) is 181 cm³/mol. The van der Waals surface area contributed by atoms with E-state index in [0.29, 0.717) is 35.6 Å². The number of hydrogen-bond acceptors (Lipinski definition) is 13. The van der Waals surface area contributed by atoms with E-state index in [1.54, 1.807) is 0 Å². The summed E-state index contributed by atoms with van der Waals surface area (Å²) in [7, 11) is -2.07. The molecule has 1 aliphatic rings. The van der Waals surface area contributed by atoms with Crippen molar-refractivity contribution in [3.8, 4) is 11.3 Å². The van der Waals surface area contributed by atoms with Crippen LogP contribution in [0.5, 0.6) is 0 Å². The highest BCUT2D eigenvalue weighted by molar-refractivity contribution is 8.14. The van der Waals surface area contributed by atoms with Crippen molar-refractivity contribution in [3.05, 3.63) is 76.9 Å². The van der Waals surface area contributed by atoms with Crippen molar-refractivity contribution in [1.82, 2.24) is 19.6 Å². The Balaban J connectivity index is 1.73. The molecule has 0 N–H and O–H groups in total. The van der Waals surface area contributed by atoms with Crippen LogP contribution in [0, 0.1) is 22.7 Å². The third-order valence-electron chi connectivity index (χ3n) is 8.12. The van der Waals surface area contributed by atoms with E-state index in [1.807, 2.05) is 0 Å². The number of thioether (sulfide) groups is 1. The molecule has 1 fully saturated rings. The van der Waals surface area contributed by atoms with E-state index in [1.165, 1.54) is 38.4 Å². The van der Waals surface area contributed by atoms with Gasteiger partial charge in [0.05, 0.1) is 30.4 Å². The van der Waals surface area contributed by atoms with Crippen LogP contribution in [0.2, 0.25) is 0 Å². The molecule has 0 bridgehead atoms. The predicted octanol–water partition coefficient (Wildman–Crippen LogP) is 4.28. The summed E-state index contributed by atoms with van der Waals surface area (Å²) in [6, 6.07) is 6.74. The molecule has 0 saturated carbocycles. The number of aldehydes is 1. The molecule has 19 heteroatoms. The smallest absolute Gasteiger partial charge is 0.303 e. The number of aromatic nitrogens is 3. The van der Waals surface area contributed by atoms with Crippen LogP contribution in [0.1, 0.15) is 37.2 Å². The lowest BCUT2D eigenvalue weighted by atomic mass is 10.0. The summed E-state index contributed by atoms with van der Waals surface area (Å²) in [5.41, 5.74) is -0.562. The molecule has 5 atom stereocenters. The zero-order valence-corrected chi connectivity index (χ0v) is 29.7. The Morgan fingerprint density at radius 1 is 0.962 bits per heavy atom. The molecule has 0 radical (unpaired) electrons. The van der Waals surface area contributed by atoms with Crippen molar-refractivity contribution in [1.29, 1.82) is 0 Å². The third-order valence-corrected chi connectivity index (χ3v) is 12.4. The number of hydrogen-bond donors (Lipinski definition) is 0. The van der Waals surface area contributed by atoms with Gasteiger partial charge in [-0.15, -0.1) is 16.9 Å². The van der Waals surface area contributed by atoms with E-state index in [9.17, 15) is 46.0 Å². The summed E-state index contributed by atoms with van der Waals surface area (Å²) in [6.45, 7) is 2.60. The standard InChI is InChI=1S/C33H31F3N4O10S2/c1-16(42)48-15-27-31(49-17(2)43)30(39-13-25(37-38-39)19-11-23(34)29(36)24(35)12-19)32(50-18(3)44)33(51-27)52(46,47)28-10-9-21-20(22(28)14-41)7-6-8-26(21)40(4,5)45/h6-14,27,30-33H,15H2,1-5H3/t27-,30+,31+,32-,33?/m1/s1. The van der Waals surface area contributed by atoms with Gasteiger partial charge in [0.25, 0.3) is 0 Å². The van der Waals surface area contributed by atoms with Crippen LogP contribution < -0.4 is 4.65 Å². The number of fused-ring (bicyclic) bond motifs is 1. The van der Waals surface area contributed by atoms with Crippen molar-refractivity contribution >= 4 is 62.3 Å². The minimum atomic E-state index is -4.78. The Morgan fingerprint density at radius 2 is 1.60 bits per heavy atom. The maximum atomic E-state index is 14.8. The molecule has 2 heterocycles. The zero-order chi connectivity index (χ0) is 38.3. The van der Waals surface area contributed by atoms with E-state index in [0.717, 1.165) is 37.7 Å². The molecular weight excluding hydrogens is 734 g/mol. The van der Waals surface area contributed by atoms with Gasteiger partial charge in [-0.05, 0) is 29.7 Å². The molecule has 14 nitrogen and oxygen atoms in total. The van der Waals surface area contributed by atoms with Gasteiger partial charge in [-0.2, -0.15) is 0 Å². The van der Waals surface area contributed by atoms with Crippen LogP contribution in [0.25, 0.3) is 22.0 Å². The highest BCUT2D eigenvalue weighted by atomic mass is 32.3. The number of quaternary nitrogens is 1. The van der Waals surface area contributed by atoms with Gasteiger partial charge >= 0.3 is 17.9 Å². The van der Waals surface area contributed by atoms with Crippen molar-refractivity contribution in [2.75, 3.05) is 20.7 Å². The number of carbonyl (C=O) groups excluding carboxylic acids is 4. The van der Waals surface area contributed by atoms with Crippen LogP contribution in [-0.2, 0) is 38.4 Å². The van der Waals surface area contributed by atoms with E-state index < -0.39 is 89.4 Å². The molecule has 3 aromatic carbocycles. The van der Waals surface area contributed by atoms with Gasteiger partial charge in [-0.25, -0.2) is 26.3 Å². The molecule has 1 unspecified atom stereocenters. The summed E-state index contributed by atoms with van der Waals surface area (Å²) in [4.78, 5) is 49.1. The average molecular weight is 765 g/mol. The number of esters is 3. The van der Waals surface area contributed by atoms with Crippen LogP contribution in [0.15, 0.2) is 53.6 Å². The summed E-state index contributed by atoms with van der Waals surface area (Å²) < 4.78 is 86.3. The van der Waals surface area contributed by atoms with Gasteiger partial charge in [0, 0.05) is 43.4 Å². The monoisotopic (exact) mass is 764 g/mol. The van der Waals surface area contributed by atoms with Crippen molar-refractivity contribution in [3.63, 3.8) is 0 Å². The molecule has 276 valence electrons. The minimum absolute atomic E-state index is 0.144. The second-order valence-electron chi connectivity index (χ2n) is 12.2. The molecule has 1 saturated heterocycles. The largest absolute Gasteiger partial charge is 0.628 e. The van der Waals surface area contributed by atoms with Gasteiger partial charge in [0.1, 0.15) is 30.1 Å². The van der Waals surface area contributed by atoms with E-state index >= 15 is 0 Å². The number of halogens is 3. The lowest BCUT2D eigenvalue weighted by molar-refractivity contribution is -0.159. The second kappa shape index (κ2) is 14.6. The first kappa shape index (κ1) is 38.4. The maximum absolute atomic E-state index is 14.8.